The van der Waals surface area contributed by atoms with Crippen LogP contribution in [0.1, 0.15) is 120 Å². The van der Waals surface area contributed by atoms with Gasteiger partial charge < -0.3 is 45.2 Å². The van der Waals surface area contributed by atoms with Crippen LogP contribution in [0.15, 0.2) is 46.6 Å². The molecule has 1 fully saturated rings. The zero-order chi connectivity index (χ0) is 34.4. The normalized spacial score (nSPS) is 26.9. The number of rotatable bonds is 20. The Balaban J connectivity index is 2.99. The number of aliphatic hydroxyl groups is 7. The molecule has 9 heteroatoms. The van der Waals surface area contributed by atoms with Gasteiger partial charge in [0.2, 0.25) is 0 Å². The van der Waals surface area contributed by atoms with E-state index in [1.54, 1.807) is 13.8 Å². The Bertz CT molecular complexity index is 971. The first-order valence-corrected chi connectivity index (χ1v) is 16.6. The van der Waals surface area contributed by atoms with Crippen LogP contribution in [0.2, 0.25) is 0 Å². The zero-order valence-electron chi connectivity index (χ0n) is 29.1. The van der Waals surface area contributed by atoms with Gasteiger partial charge in [0.1, 0.15) is 24.4 Å². The highest BCUT2D eigenvalue weighted by atomic mass is 16.7. The standard InChI is InChI=1S/C36H64O9/c1-24(2)13-9-15-26(5)17-11-21-35(7,42)29(38)19-20-30(45-34-33(41)32(40)31(39)28(23-37)44-34)36(8,43)22-12-18-27(6)16-10-14-25(3)4/h13-14,17-18,28-34,37-43H,9-12,15-16,19-23H2,1-8H3/b26-17+,27-18+/t28-,29-,30+,31-,32+,33+,34+,35-,36+/m1/s1. The number of aliphatic hydroxyl groups excluding tert-OH is 5. The van der Waals surface area contributed by atoms with Gasteiger partial charge in [0.15, 0.2) is 6.29 Å². The fourth-order valence-electron chi connectivity index (χ4n) is 5.42. The highest BCUT2D eigenvalue weighted by Gasteiger charge is 2.47. The Hall–Kier alpha value is -1.40. The van der Waals surface area contributed by atoms with Crippen molar-refractivity contribution in [2.45, 2.75) is 174 Å². The fraction of sp³-hybridized carbons (Fsp3) is 0.778. The average molecular weight is 641 g/mol. The van der Waals surface area contributed by atoms with Gasteiger partial charge in [0, 0.05) is 0 Å². The van der Waals surface area contributed by atoms with E-state index in [0.29, 0.717) is 25.7 Å². The molecule has 0 aromatic heterocycles. The van der Waals surface area contributed by atoms with E-state index in [-0.39, 0.29) is 12.8 Å². The van der Waals surface area contributed by atoms with Crippen LogP contribution < -0.4 is 0 Å². The highest BCUT2D eigenvalue weighted by Crippen LogP contribution is 2.32. The largest absolute Gasteiger partial charge is 0.394 e. The summed E-state index contributed by atoms with van der Waals surface area (Å²) in [6, 6.07) is 0. The first kappa shape index (κ1) is 41.6. The minimum absolute atomic E-state index is 0.0894. The lowest BCUT2D eigenvalue weighted by molar-refractivity contribution is -0.324. The van der Waals surface area contributed by atoms with Gasteiger partial charge in [-0.15, -0.1) is 0 Å². The molecule has 45 heavy (non-hydrogen) atoms. The molecule has 9 nitrogen and oxygen atoms in total. The van der Waals surface area contributed by atoms with Gasteiger partial charge in [-0.1, -0.05) is 46.6 Å². The monoisotopic (exact) mass is 640 g/mol. The van der Waals surface area contributed by atoms with Crippen molar-refractivity contribution in [1.29, 1.82) is 0 Å². The second-order valence-corrected chi connectivity index (χ2v) is 13.9. The molecule has 0 saturated carbocycles. The molecule has 0 unspecified atom stereocenters. The summed E-state index contributed by atoms with van der Waals surface area (Å²) in [4.78, 5) is 0. The van der Waals surface area contributed by atoms with Crippen LogP contribution in [0, 0.1) is 0 Å². The topological polar surface area (TPSA) is 160 Å². The predicted octanol–water partition coefficient (Wildman–Crippen LogP) is 4.76. The highest BCUT2D eigenvalue weighted by molar-refractivity contribution is 5.04. The van der Waals surface area contributed by atoms with Crippen LogP contribution in [-0.4, -0.2) is 96.5 Å². The van der Waals surface area contributed by atoms with Crippen LogP contribution >= 0.6 is 0 Å². The minimum Gasteiger partial charge on any atom is -0.394 e. The molecule has 9 atom stereocenters. The van der Waals surface area contributed by atoms with Crippen LogP contribution in [0.3, 0.4) is 0 Å². The van der Waals surface area contributed by atoms with Crippen molar-refractivity contribution >= 4 is 0 Å². The summed E-state index contributed by atoms with van der Waals surface area (Å²) < 4.78 is 11.6. The SMILES string of the molecule is CC(C)=CCC/C(C)=C/CC[C@](C)(O)[C@H](CC[C@@H](O)[C@](C)(O)CC/C=C(\C)CCC=C(C)C)O[C@@H]1O[C@H](CO)[C@@H](O)[C@H](O)[C@@H]1O. The molecular weight excluding hydrogens is 576 g/mol. The van der Waals surface area contributed by atoms with Crippen LogP contribution in [-0.2, 0) is 9.47 Å². The van der Waals surface area contributed by atoms with Crippen molar-refractivity contribution in [1.82, 2.24) is 0 Å². The van der Waals surface area contributed by atoms with Gasteiger partial charge in [0.05, 0.1) is 30.0 Å². The summed E-state index contributed by atoms with van der Waals surface area (Å²) in [5.41, 5.74) is 2.14. The maximum atomic E-state index is 11.6. The Kier molecular flexibility index (Phi) is 18.6. The van der Waals surface area contributed by atoms with Crippen molar-refractivity contribution in [3.63, 3.8) is 0 Å². The molecule has 0 aromatic rings. The molecule has 1 aliphatic rings. The quantitative estimate of drug-likeness (QED) is 0.0931. The summed E-state index contributed by atoms with van der Waals surface area (Å²) in [5, 5.41) is 74.4. The molecule has 0 spiro atoms. The van der Waals surface area contributed by atoms with Crippen LogP contribution in [0.4, 0.5) is 0 Å². The molecule has 0 aliphatic carbocycles. The van der Waals surface area contributed by atoms with Crippen molar-refractivity contribution in [3.8, 4) is 0 Å². The van der Waals surface area contributed by atoms with E-state index in [1.165, 1.54) is 22.3 Å². The number of ether oxygens (including phenoxy) is 2. The van der Waals surface area contributed by atoms with Gasteiger partial charge in [-0.2, -0.15) is 0 Å². The third kappa shape index (κ3) is 15.4. The molecule has 1 rings (SSSR count). The average Bonchev–Trinajstić information content (AvgIpc) is 2.94. The summed E-state index contributed by atoms with van der Waals surface area (Å²) in [7, 11) is 0. The third-order valence-corrected chi connectivity index (χ3v) is 8.73. The lowest BCUT2D eigenvalue weighted by atomic mass is 9.85. The Morgan fingerprint density at radius 1 is 0.711 bits per heavy atom. The van der Waals surface area contributed by atoms with E-state index >= 15 is 0 Å². The van der Waals surface area contributed by atoms with Gasteiger partial charge in [-0.25, -0.2) is 0 Å². The molecule has 0 aromatic carbocycles. The van der Waals surface area contributed by atoms with Gasteiger partial charge in [-0.3, -0.25) is 0 Å². The summed E-state index contributed by atoms with van der Waals surface area (Å²) in [6.07, 6.45) is 4.83. The van der Waals surface area contributed by atoms with Crippen LogP contribution in [0.5, 0.6) is 0 Å². The second-order valence-electron chi connectivity index (χ2n) is 13.9. The van der Waals surface area contributed by atoms with Crippen molar-refractivity contribution in [2.24, 2.45) is 0 Å². The lowest BCUT2D eigenvalue weighted by Crippen LogP contribution is -2.60. The van der Waals surface area contributed by atoms with Crippen LogP contribution in [0.25, 0.3) is 0 Å². The zero-order valence-corrected chi connectivity index (χ0v) is 29.1. The molecule has 7 N–H and O–H groups in total. The molecule has 0 bridgehead atoms. The molecule has 262 valence electrons. The maximum absolute atomic E-state index is 11.6. The smallest absolute Gasteiger partial charge is 0.187 e. The number of hydrogen-bond acceptors (Lipinski definition) is 9. The molecule has 1 aliphatic heterocycles. The van der Waals surface area contributed by atoms with E-state index < -0.39 is 60.7 Å². The molecule has 0 amide bonds. The fourth-order valence-corrected chi connectivity index (χ4v) is 5.42. The maximum Gasteiger partial charge on any atom is 0.187 e. The van der Waals surface area contributed by atoms with Gasteiger partial charge >= 0.3 is 0 Å². The molecular formula is C36H64O9. The second kappa shape index (κ2) is 20.1. The van der Waals surface area contributed by atoms with Crippen molar-refractivity contribution in [2.75, 3.05) is 6.61 Å². The Morgan fingerprint density at radius 2 is 1.20 bits per heavy atom. The summed E-state index contributed by atoms with van der Waals surface area (Å²) in [5.74, 6) is 0. The number of allylic oxidation sites excluding steroid dienone is 8. The Labute approximate surface area is 272 Å². The first-order valence-electron chi connectivity index (χ1n) is 16.6. The first-order chi connectivity index (χ1) is 20.9. The van der Waals surface area contributed by atoms with Crippen molar-refractivity contribution < 1.29 is 45.2 Å². The predicted molar refractivity (Wildman–Crippen MR) is 178 cm³/mol. The molecule has 1 heterocycles. The van der Waals surface area contributed by atoms with E-state index in [0.717, 1.165) is 25.7 Å². The van der Waals surface area contributed by atoms with Crippen molar-refractivity contribution in [3.05, 3.63) is 46.6 Å². The summed E-state index contributed by atoms with van der Waals surface area (Å²) in [6.45, 7) is 15.0. The summed E-state index contributed by atoms with van der Waals surface area (Å²) >= 11 is 0. The van der Waals surface area contributed by atoms with Gasteiger partial charge in [-0.05, 0) is 120 Å². The van der Waals surface area contributed by atoms with E-state index in [4.69, 9.17) is 9.47 Å². The Morgan fingerprint density at radius 3 is 1.67 bits per heavy atom. The molecule has 0 radical (unpaired) electrons. The van der Waals surface area contributed by atoms with Gasteiger partial charge in [0.25, 0.3) is 0 Å². The lowest BCUT2D eigenvalue weighted by Gasteiger charge is -2.43. The minimum atomic E-state index is -1.63. The third-order valence-electron chi connectivity index (χ3n) is 8.73. The number of hydrogen-bond donors (Lipinski definition) is 7. The van der Waals surface area contributed by atoms with E-state index in [2.05, 4.69) is 58.9 Å². The molecule has 1 saturated heterocycles. The van der Waals surface area contributed by atoms with E-state index in [1.807, 2.05) is 6.92 Å². The van der Waals surface area contributed by atoms with E-state index in [9.17, 15) is 35.7 Å².